The van der Waals surface area contributed by atoms with Gasteiger partial charge >= 0.3 is 5.97 Å². The normalized spacial score (nSPS) is 10.9. The van der Waals surface area contributed by atoms with E-state index in [9.17, 15) is 18.0 Å². The summed E-state index contributed by atoms with van der Waals surface area (Å²) in [4.78, 5) is 27.4. The summed E-state index contributed by atoms with van der Waals surface area (Å²) < 4.78 is 27.1. The van der Waals surface area contributed by atoms with E-state index in [0.29, 0.717) is 5.69 Å². The summed E-state index contributed by atoms with van der Waals surface area (Å²) in [5.74, 6) is -1.27. The van der Waals surface area contributed by atoms with E-state index in [0.717, 1.165) is 5.56 Å². The minimum atomic E-state index is -3.83. The molecular formula is C15H15N3O5S. The molecule has 1 aromatic heterocycles. The van der Waals surface area contributed by atoms with E-state index in [-0.39, 0.29) is 10.5 Å². The fourth-order valence-corrected chi connectivity index (χ4v) is 2.29. The van der Waals surface area contributed by atoms with Crippen LogP contribution in [0.2, 0.25) is 0 Å². The van der Waals surface area contributed by atoms with Gasteiger partial charge in [-0.1, -0.05) is 0 Å². The van der Waals surface area contributed by atoms with Crippen LogP contribution in [0, 0.1) is 6.92 Å². The number of primary sulfonamides is 1. The molecule has 9 heteroatoms. The second kappa shape index (κ2) is 7.20. The van der Waals surface area contributed by atoms with E-state index in [1.165, 1.54) is 30.5 Å². The number of carbonyl (C=O) groups is 2. The number of aromatic nitrogens is 1. The topological polar surface area (TPSA) is 128 Å². The highest BCUT2D eigenvalue weighted by atomic mass is 32.2. The van der Waals surface area contributed by atoms with Crippen molar-refractivity contribution >= 4 is 27.6 Å². The van der Waals surface area contributed by atoms with Gasteiger partial charge in [0, 0.05) is 6.20 Å². The van der Waals surface area contributed by atoms with Gasteiger partial charge in [-0.3, -0.25) is 9.78 Å². The van der Waals surface area contributed by atoms with Crippen LogP contribution in [0.5, 0.6) is 0 Å². The molecule has 0 aliphatic heterocycles. The first-order chi connectivity index (χ1) is 11.3. The summed E-state index contributed by atoms with van der Waals surface area (Å²) in [5.41, 5.74) is 1.45. The summed E-state index contributed by atoms with van der Waals surface area (Å²) in [6.07, 6.45) is 3.08. The predicted molar refractivity (Wildman–Crippen MR) is 85.7 cm³/mol. The molecule has 0 unspecified atom stereocenters. The van der Waals surface area contributed by atoms with Crippen LogP contribution in [0.1, 0.15) is 15.9 Å². The number of nitrogens with one attached hydrogen (secondary N) is 1. The van der Waals surface area contributed by atoms with Crippen molar-refractivity contribution in [3.05, 3.63) is 53.9 Å². The number of benzene rings is 1. The molecule has 126 valence electrons. The van der Waals surface area contributed by atoms with Crippen molar-refractivity contribution in [1.82, 2.24) is 4.98 Å². The molecule has 0 fully saturated rings. The van der Waals surface area contributed by atoms with Crippen LogP contribution in [-0.4, -0.2) is 31.9 Å². The quantitative estimate of drug-likeness (QED) is 0.770. The third kappa shape index (κ3) is 4.61. The molecule has 0 saturated heterocycles. The van der Waals surface area contributed by atoms with E-state index in [4.69, 9.17) is 9.88 Å². The van der Waals surface area contributed by atoms with Crippen molar-refractivity contribution in [2.45, 2.75) is 11.8 Å². The van der Waals surface area contributed by atoms with Gasteiger partial charge in [-0.15, -0.1) is 0 Å². The van der Waals surface area contributed by atoms with E-state index in [1.807, 2.05) is 0 Å². The number of anilines is 1. The first-order valence-corrected chi connectivity index (χ1v) is 8.32. The number of pyridine rings is 1. The molecule has 0 bridgehead atoms. The largest absolute Gasteiger partial charge is 0.452 e. The summed E-state index contributed by atoms with van der Waals surface area (Å²) in [6, 6.07) is 6.61. The summed E-state index contributed by atoms with van der Waals surface area (Å²) in [7, 11) is -3.83. The molecule has 1 amide bonds. The van der Waals surface area contributed by atoms with Gasteiger partial charge in [0.2, 0.25) is 10.0 Å². The zero-order chi connectivity index (χ0) is 17.7. The summed E-state index contributed by atoms with van der Waals surface area (Å²) in [5, 5.41) is 7.54. The standard InChI is InChI=1S/C15H15N3O5S/c1-10-6-7-17-8-13(10)18-14(19)9-23-15(20)11-2-4-12(5-3-11)24(16,21)22/h2-8H,9H2,1H3,(H,18,19)(H2,16,21,22). The molecular weight excluding hydrogens is 334 g/mol. The molecule has 0 aliphatic rings. The van der Waals surface area contributed by atoms with Crippen molar-refractivity contribution in [3.63, 3.8) is 0 Å². The lowest BCUT2D eigenvalue weighted by Gasteiger charge is -2.08. The Morgan fingerprint density at radius 3 is 2.46 bits per heavy atom. The number of aryl methyl sites for hydroxylation is 1. The van der Waals surface area contributed by atoms with E-state index in [1.54, 1.807) is 19.2 Å². The van der Waals surface area contributed by atoms with Gasteiger partial charge in [0.1, 0.15) is 0 Å². The maximum atomic E-state index is 11.8. The van der Waals surface area contributed by atoms with Crippen LogP contribution >= 0.6 is 0 Å². The molecule has 2 aromatic rings. The molecule has 0 aliphatic carbocycles. The van der Waals surface area contributed by atoms with Crippen molar-refractivity contribution in [2.24, 2.45) is 5.14 Å². The van der Waals surface area contributed by atoms with Gasteiger partial charge in [0.15, 0.2) is 6.61 Å². The van der Waals surface area contributed by atoms with Gasteiger partial charge < -0.3 is 10.1 Å². The number of rotatable bonds is 5. The predicted octanol–water partition coefficient (Wildman–Crippen LogP) is 0.833. The van der Waals surface area contributed by atoms with Crippen molar-refractivity contribution in [1.29, 1.82) is 0 Å². The highest BCUT2D eigenvalue weighted by Gasteiger charge is 2.13. The molecule has 0 radical (unpaired) electrons. The first-order valence-electron chi connectivity index (χ1n) is 6.78. The Bertz CT molecular complexity index is 863. The van der Waals surface area contributed by atoms with Crippen LogP contribution < -0.4 is 10.5 Å². The molecule has 1 heterocycles. The highest BCUT2D eigenvalue weighted by Crippen LogP contribution is 2.12. The fourth-order valence-electron chi connectivity index (χ4n) is 1.78. The Morgan fingerprint density at radius 2 is 1.88 bits per heavy atom. The van der Waals surface area contributed by atoms with Gasteiger partial charge in [0.05, 0.1) is 22.3 Å². The molecule has 0 saturated carbocycles. The van der Waals surface area contributed by atoms with Gasteiger partial charge in [-0.05, 0) is 42.8 Å². The number of amides is 1. The SMILES string of the molecule is Cc1ccncc1NC(=O)COC(=O)c1ccc(S(N)(=O)=O)cc1. The molecule has 1 aromatic carbocycles. The number of sulfonamides is 1. The Hall–Kier alpha value is -2.78. The number of nitrogens with two attached hydrogens (primary N) is 1. The van der Waals surface area contributed by atoms with Gasteiger partial charge in [-0.25, -0.2) is 18.4 Å². The average Bonchev–Trinajstić information content (AvgIpc) is 2.54. The molecule has 0 atom stereocenters. The van der Waals surface area contributed by atoms with E-state index >= 15 is 0 Å². The maximum Gasteiger partial charge on any atom is 0.338 e. The van der Waals surface area contributed by atoms with Crippen LogP contribution in [0.3, 0.4) is 0 Å². The van der Waals surface area contributed by atoms with Crippen LogP contribution in [0.4, 0.5) is 5.69 Å². The van der Waals surface area contributed by atoms with Crippen LogP contribution in [0.25, 0.3) is 0 Å². The third-order valence-corrected chi connectivity index (χ3v) is 4.00. The Labute approximate surface area is 138 Å². The van der Waals surface area contributed by atoms with Crippen LogP contribution in [0.15, 0.2) is 47.6 Å². The van der Waals surface area contributed by atoms with E-state index in [2.05, 4.69) is 10.3 Å². The van der Waals surface area contributed by atoms with Crippen molar-refractivity contribution in [3.8, 4) is 0 Å². The molecule has 3 N–H and O–H groups in total. The zero-order valence-corrected chi connectivity index (χ0v) is 13.5. The number of ether oxygens (including phenoxy) is 1. The van der Waals surface area contributed by atoms with Gasteiger partial charge in [-0.2, -0.15) is 0 Å². The van der Waals surface area contributed by atoms with E-state index < -0.39 is 28.5 Å². The molecule has 24 heavy (non-hydrogen) atoms. The lowest BCUT2D eigenvalue weighted by atomic mass is 10.2. The highest BCUT2D eigenvalue weighted by molar-refractivity contribution is 7.89. The monoisotopic (exact) mass is 349 g/mol. The minimum absolute atomic E-state index is 0.104. The van der Waals surface area contributed by atoms with Crippen LogP contribution in [-0.2, 0) is 19.6 Å². The number of esters is 1. The molecule has 8 nitrogen and oxygen atoms in total. The lowest BCUT2D eigenvalue weighted by Crippen LogP contribution is -2.21. The van der Waals surface area contributed by atoms with Gasteiger partial charge in [0.25, 0.3) is 5.91 Å². The number of hydrogen-bond donors (Lipinski definition) is 2. The second-order valence-electron chi connectivity index (χ2n) is 4.88. The summed E-state index contributed by atoms with van der Waals surface area (Å²) in [6.45, 7) is 1.32. The Balaban J connectivity index is 1.93. The average molecular weight is 349 g/mol. The number of carbonyl (C=O) groups excluding carboxylic acids is 2. The van der Waals surface area contributed by atoms with Crippen molar-refractivity contribution < 1.29 is 22.7 Å². The maximum absolute atomic E-state index is 11.8. The lowest BCUT2D eigenvalue weighted by molar-refractivity contribution is -0.119. The first kappa shape index (κ1) is 17.6. The molecule has 2 rings (SSSR count). The fraction of sp³-hybridized carbons (Fsp3) is 0.133. The zero-order valence-electron chi connectivity index (χ0n) is 12.7. The Kier molecular flexibility index (Phi) is 5.27. The molecule has 0 spiro atoms. The Morgan fingerprint density at radius 1 is 1.21 bits per heavy atom. The minimum Gasteiger partial charge on any atom is -0.452 e. The second-order valence-corrected chi connectivity index (χ2v) is 6.45. The third-order valence-electron chi connectivity index (χ3n) is 3.07. The smallest absolute Gasteiger partial charge is 0.338 e. The van der Waals surface area contributed by atoms with Crippen molar-refractivity contribution in [2.75, 3.05) is 11.9 Å². The summed E-state index contributed by atoms with van der Waals surface area (Å²) >= 11 is 0. The number of nitrogens with zero attached hydrogens (tertiary/aromatic N) is 1. The number of hydrogen-bond acceptors (Lipinski definition) is 6.